The molecule has 1 saturated carbocycles. The summed E-state index contributed by atoms with van der Waals surface area (Å²) in [5.41, 5.74) is 2.49. The number of hydrogen-bond acceptors (Lipinski definition) is 5. The van der Waals surface area contributed by atoms with E-state index in [0.29, 0.717) is 22.7 Å². The average Bonchev–Trinajstić information content (AvgIpc) is 3.52. The van der Waals surface area contributed by atoms with Crippen molar-refractivity contribution >= 4 is 23.0 Å². The van der Waals surface area contributed by atoms with Crippen molar-refractivity contribution in [2.45, 2.75) is 51.4 Å². The largest absolute Gasteiger partial charge is 0.475 e. The maximum atomic E-state index is 13.1. The Morgan fingerprint density at radius 2 is 1.78 bits per heavy atom. The highest BCUT2D eigenvalue weighted by atomic mass is 19.4. The van der Waals surface area contributed by atoms with E-state index in [0.717, 1.165) is 48.9 Å². The second kappa shape index (κ2) is 9.49. The molecule has 0 amide bonds. The zero-order valence-electron chi connectivity index (χ0n) is 20.5. The lowest BCUT2D eigenvalue weighted by Gasteiger charge is -2.26. The number of halogens is 3. The monoisotopic (exact) mass is 509 g/mol. The predicted octanol–water partition coefficient (Wildman–Crippen LogP) is 5.95. The summed E-state index contributed by atoms with van der Waals surface area (Å²) in [5.74, 6) is -0.608. The highest BCUT2D eigenvalue weighted by molar-refractivity contribution is 5.92. The lowest BCUT2D eigenvalue weighted by atomic mass is 10.1. The van der Waals surface area contributed by atoms with E-state index in [1.807, 2.05) is 47.7 Å². The molecule has 37 heavy (non-hydrogen) atoms. The summed E-state index contributed by atoms with van der Waals surface area (Å²) in [4.78, 5) is 27.3. The van der Waals surface area contributed by atoms with Crippen LogP contribution >= 0.6 is 0 Å². The third-order valence-corrected chi connectivity index (χ3v) is 6.88. The second-order valence-electron chi connectivity index (χ2n) is 9.48. The van der Waals surface area contributed by atoms with Crippen LogP contribution in [-0.4, -0.2) is 43.7 Å². The van der Waals surface area contributed by atoms with E-state index in [2.05, 4.69) is 9.97 Å². The Balaban J connectivity index is 1.72. The molecule has 0 radical (unpaired) electrons. The van der Waals surface area contributed by atoms with Crippen molar-refractivity contribution in [3.63, 3.8) is 0 Å². The Labute approximate surface area is 211 Å². The fourth-order valence-electron chi connectivity index (χ4n) is 4.96. The molecule has 0 spiro atoms. The number of carboxylic acid groups (broad SMARTS) is 1. The van der Waals surface area contributed by atoms with Gasteiger partial charge in [-0.05, 0) is 43.5 Å². The Bertz CT molecular complexity index is 1460. The summed E-state index contributed by atoms with van der Waals surface area (Å²) in [6.45, 7) is 2.16. The van der Waals surface area contributed by atoms with E-state index in [9.17, 15) is 23.1 Å². The minimum absolute atomic E-state index is 0.191. The van der Waals surface area contributed by atoms with Gasteiger partial charge in [-0.2, -0.15) is 13.2 Å². The van der Waals surface area contributed by atoms with Crippen molar-refractivity contribution in [2.75, 3.05) is 11.9 Å². The number of aromatic carboxylic acids is 1. The van der Waals surface area contributed by atoms with Crippen LogP contribution in [0.25, 0.3) is 22.6 Å². The molecule has 2 aromatic heterocycles. The number of aromatic nitrogens is 4. The van der Waals surface area contributed by atoms with Crippen molar-refractivity contribution in [1.29, 1.82) is 0 Å². The third kappa shape index (κ3) is 4.87. The molecule has 2 heterocycles. The van der Waals surface area contributed by atoms with Gasteiger partial charge in [-0.15, -0.1) is 0 Å². The number of hydrogen-bond donors (Lipinski definition) is 1. The number of imidazole rings is 1. The lowest BCUT2D eigenvalue weighted by molar-refractivity contribution is -0.137. The highest BCUT2D eigenvalue weighted by Gasteiger charge is 2.31. The van der Waals surface area contributed by atoms with Gasteiger partial charge in [0, 0.05) is 25.2 Å². The van der Waals surface area contributed by atoms with Crippen LogP contribution in [-0.2, 0) is 12.7 Å². The first-order valence-electron chi connectivity index (χ1n) is 12.1. The molecule has 0 unspecified atom stereocenters. The van der Waals surface area contributed by atoms with E-state index < -0.39 is 17.7 Å². The number of carboxylic acids is 1. The molecule has 2 aromatic carbocycles. The van der Waals surface area contributed by atoms with Crippen molar-refractivity contribution in [1.82, 2.24) is 19.5 Å². The summed E-state index contributed by atoms with van der Waals surface area (Å²) >= 11 is 0. The zero-order valence-corrected chi connectivity index (χ0v) is 20.5. The maximum Gasteiger partial charge on any atom is 0.416 e. The topological polar surface area (TPSA) is 84.1 Å². The molecule has 0 aliphatic heterocycles. The van der Waals surface area contributed by atoms with Crippen LogP contribution in [0, 0.1) is 6.92 Å². The van der Waals surface area contributed by atoms with Gasteiger partial charge in [-0.1, -0.05) is 48.7 Å². The van der Waals surface area contributed by atoms with Crippen LogP contribution in [0.1, 0.15) is 53.0 Å². The van der Waals surface area contributed by atoms with Gasteiger partial charge in [0.05, 0.1) is 5.56 Å². The molecule has 1 aliphatic rings. The lowest BCUT2D eigenvalue weighted by Crippen LogP contribution is -2.31. The van der Waals surface area contributed by atoms with Gasteiger partial charge in [0.15, 0.2) is 11.5 Å². The van der Waals surface area contributed by atoms with Crippen LogP contribution in [0.5, 0.6) is 0 Å². The second-order valence-corrected chi connectivity index (χ2v) is 9.48. The number of carbonyl (C=O) groups is 1. The van der Waals surface area contributed by atoms with Crippen molar-refractivity contribution in [2.24, 2.45) is 0 Å². The molecule has 0 saturated heterocycles. The molecule has 0 atom stereocenters. The predicted molar refractivity (Wildman–Crippen MR) is 134 cm³/mol. The van der Waals surface area contributed by atoms with Gasteiger partial charge in [0.1, 0.15) is 11.3 Å². The van der Waals surface area contributed by atoms with E-state index >= 15 is 0 Å². The SMILES string of the molecule is Cc1cccc(-c2nc3nc(C(=O)O)nc(N(C)C4CCCC4)c3n2Cc2ccc(C(F)(F)F)cc2)c1. The number of alkyl halides is 3. The number of fused-ring (bicyclic) bond motifs is 1. The van der Waals surface area contributed by atoms with Crippen LogP contribution in [0.4, 0.5) is 19.0 Å². The Morgan fingerprint density at radius 3 is 2.41 bits per heavy atom. The fourth-order valence-corrected chi connectivity index (χ4v) is 4.96. The number of anilines is 1. The number of rotatable bonds is 6. The molecular weight excluding hydrogens is 483 g/mol. The summed E-state index contributed by atoms with van der Waals surface area (Å²) in [6.07, 6.45) is -0.349. The Morgan fingerprint density at radius 1 is 1.08 bits per heavy atom. The van der Waals surface area contributed by atoms with E-state index in [4.69, 9.17) is 4.98 Å². The molecule has 192 valence electrons. The van der Waals surface area contributed by atoms with Gasteiger partial charge in [0.25, 0.3) is 0 Å². The van der Waals surface area contributed by atoms with Gasteiger partial charge >= 0.3 is 12.1 Å². The van der Waals surface area contributed by atoms with Crippen molar-refractivity contribution < 1.29 is 23.1 Å². The summed E-state index contributed by atoms with van der Waals surface area (Å²) < 4.78 is 41.3. The minimum atomic E-state index is -4.43. The molecule has 10 heteroatoms. The Kier molecular flexibility index (Phi) is 6.35. The normalized spacial score (nSPS) is 14.4. The van der Waals surface area contributed by atoms with Gasteiger partial charge in [-0.3, -0.25) is 0 Å². The van der Waals surface area contributed by atoms with Crippen LogP contribution < -0.4 is 4.90 Å². The highest BCUT2D eigenvalue weighted by Crippen LogP contribution is 2.35. The van der Waals surface area contributed by atoms with Crippen LogP contribution in [0.15, 0.2) is 48.5 Å². The maximum absolute atomic E-state index is 13.1. The number of benzene rings is 2. The molecule has 5 rings (SSSR count). The summed E-state index contributed by atoms with van der Waals surface area (Å²) in [5, 5.41) is 9.70. The van der Waals surface area contributed by atoms with E-state index in [1.165, 1.54) is 12.1 Å². The molecule has 7 nitrogen and oxygen atoms in total. The number of aryl methyl sites for hydroxylation is 1. The molecular formula is C27H26F3N5O2. The van der Waals surface area contributed by atoms with Gasteiger partial charge in [-0.25, -0.2) is 19.7 Å². The molecule has 1 N–H and O–H groups in total. The standard InChI is InChI=1S/C27H26F3N5O2/c1-16-6-5-7-18(14-16)24-32-22-21(35(24)15-17-10-12-19(13-11-17)27(28,29)30)25(33-23(31-22)26(36)37)34(2)20-8-3-4-9-20/h5-7,10-14,20H,3-4,8-9,15H2,1-2H3,(H,36,37). The van der Waals surface area contributed by atoms with E-state index in [1.54, 1.807) is 0 Å². The average molecular weight is 510 g/mol. The first-order valence-corrected chi connectivity index (χ1v) is 12.1. The van der Waals surface area contributed by atoms with Crippen LogP contribution in [0.2, 0.25) is 0 Å². The van der Waals surface area contributed by atoms with Gasteiger partial charge < -0.3 is 14.6 Å². The van der Waals surface area contributed by atoms with Gasteiger partial charge in [0.2, 0.25) is 5.82 Å². The molecule has 1 fully saturated rings. The number of nitrogens with zero attached hydrogens (tertiary/aromatic N) is 5. The quantitative estimate of drug-likeness (QED) is 0.346. The molecule has 1 aliphatic carbocycles. The van der Waals surface area contributed by atoms with Crippen LogP contribution in [0.3, 0.4) is 0 Å². The molecule has 4 aromatic rings. The van der Waals surface area contributed by atoms with Crippen molar-refractivity contribution in [3.8, 4) is 11.4 Å². The smallest absolute Gasteiger partial charge is 0.416 e. The molecule has 0 bridgehead atoms. The fraction of sp³-hybridized carbons (Fsp3) is 0.333. The van der Waals surface area contributed by atoms with Crippen molar-refractivity contribution in [3.05, 3.63) is 71.0 Å². The zero-order chi connectivity index (χ0) is 26.3. The Hall–Kier alpha value is -3.95. The van der Waals surface area contributed by atoms with E-state index in [-0.39, 0.29) is 24.1 Å². The minimum Gasteiger partial charge on any atom is -0.475 e. The summed E-state index contributed by atoms with van der Waals surface area (Å²) in [6, 6.07) is 12.9. The first kappa shape index (κ1) is 24.7. The summed E-state index contributed by atoms with van der Waals surface area (Å²) in [7, 11) is 1.89. The third-order valence-electron chi connectivity index (χ3n) is 6.88. The first-order chi connectivity index (χ1) is 17.6.